The van der Waals surface area contributed by atoms with Gasteiger partial charge in [-0.15, -0.1) is 21.5 Å². The van der Waals surface area contributed by atoms with Crippen LogP contribution in [0.2, 0.25) is 5.15 Å². The van der Waals surface area contributed by atoms with Gasteiger partial charge in [0.05, 0.1) is 0 Å². The quantitative estimate of drug-likeness (QED) is 0.713. The molecule has 84 valence electrons. The van der Waals surface area contributed by atoms with E-state index in [2.05, 4.69) is 15.2 Å². The number of hydrogen-bond acceptors (Lipinski definition) is 5. The first-order chi connectivity index (χ1) is 8.34. The molecular formula is C11H6ClN3S2. The zero-order valence-corrected chi connectivity index (χ0v) is 10.9. The van der Waals surface area contributed by atoms with Gasteiger partial charge in [0.1, 0.15) is 5.03 Å². The van der Waals surface area contributed by atoms with E-state index in [9.17, 15) is 0 Å². The van der Waals surface area contributed by atoms with Gasteiger partial charge < -0.3 is 0 Å². The predicted octanol–water partition coefficient (Wildman–Crippen LogP) is 3.89. The number of rotatable bonds is 2. The molecule has 0 saturated heterocycles. The Balaban J connectivity index is 2.14. The monoisotopic (exact) mass is 279 g/mol. The molecule has 6 heteroatoms. The molecule has 17 heavy (non-hydrogen) atoms. The molecule has 0 bridgehead atoms. The normalized spacial score (nSPS) is 10.9. The van der Waals surface area contributed by atoms with Gasteiger partial charge in [0, 0.05) is 22.3 Å². The summed E-state index contributed by atoms with van der Waals surface area (Å²) in [6.07, 6.45) is 1.78. The summed E-state index contributed by atoms with van der Waals surface area (Å²) < 4.78 is 0.951. The number of aromatic nitrogens is 3. The smallest absolute Gasteiger partial charge is 0.159 e. The fourth-order valence-corrected chi connectivity index (χ4v) is 3.27. The van der Waals surface area contributed by atoms with E-state index in [0.29, 0.717) is 5.15 Å². The summed E-state index contributed by atoms with van der Waals surface area (Å²) in [4.78, 5) is 4.22. The largest absolute Gasteiger partial charge is 0.238 e. The van der Waals surface area contributed by atoms with E-state index in [0.717, 1.165) is 20.1 Å². The molecule has 0 radical (unpaired) electrons. The van der Waals surface area contributed by atoms with Crippen molar-refractivity contribution in [1.82, 2.24) is 15.2 Å². The van der Waals surface area contributed by atoms with Crippen molar-refractivity contribution in [3.63, 3.8) is 0 Å². The third kappa shape index (κ3) is 2.13. The Kier molecular flexibility index (Phi) is 2.96. The molecule has 0 aliphatic heterocycles. The molecule has 0 fully saturated rings. The molecule has 0 N–H and O–H groups in total. The summed E-state index contributed by atoms with van der Waals surface area (Å²) >= 11 is 9.10. The predicted molar refractivity (Wildman–Crippen MR) is 70.8 cm³/mol. The lowest BCUT2D eigenvalue weighted by atomic mass is 10.2. The van der Waals surface area contributed by atoms with Crippen LogP contribution < -0.4 is 0 Å². The molecular weight excluding hydrogens is 274 g/mol. The molecule has 1 aromatic carbocycles. The highest BCUT2D eigenvalue weighted by Crippen LogP contribution is 2.33. The van der Waals surface area contributed by atoms with Gasteiger partial charge in [0.15, 0.2) is 9.49 Å². The van der Waals surface area contributed by atoms with Crippen LogP contribution in [0.1, 0.15) is 0 Å². The van der Waals surface area contributed by atoms with Gasteiger partial charge in [-0.05, 0) is 11.8 Å². The zero-order valence-electron chi connectivity index (χ0n) is 8.50. The minimum atomic E-state index is 0.434. The summed E-state index contributed by atoms with van der Waals surface area (Å²) in [5, 5.41) is 13.2. The molecule has 0 spiro atoms. The zero-order chi connectivity index (χ0) is 11.7. The van der Waals surface area contributed by atoms with Crippen molar-refractivity contribution in [1.29, 1.82) is 0 Å². The van der Waals surface area contributed by atoms with Crippen molar-refractivity contribution < 1.29 is 0 Å². The third-order valence-corrected chi connectivity index (χ3v) is 4.36. The molecule has 3 nitrogen and oxygen atoms in total. The van der Waals surface area contributed by atoms with Crippen LogP contribution in [0.4, 0.5) is 0 Å². The van der Waals surface area contributed by atoms with Crippen LogP contribution in [0.5, 0.6) is 0 Å². The maximum Gasteiger partial charge on any atom is 0.159 e. The average molecular weight is 280 g/mol. The van der Waals surface area contributed by atoms with Gasteiger partial charge in [-0.2, -0.15) is 0 Å². The van der Waals surface area contributed by atoms with E-state index < -0.39 is 0 Å². The first-order valence-electron chi connectivity index (χ1n) is 4.83. The topological polar surface area (TPSA) is 38.7 Å². The van der Waals surface area contributed by atoms with Crippen LogP contribution in [-0.2, 0) is 0 Å². The molecule has 0 saturated carbocycles. The average Bonchev–Trinajstić information content (AvgIpc) is 2.86. The van der Waals surface area contributed by atoms with Crippen LogP contribution >= 0.6 is 34.7 Å². The molecule has 0 amide bonds. The molecule has 3 aromatic rings. The van der Waals surface area contributed by atoms with Gasteiger partial charge in [0.25, 0.3) is 0 Å². The highest BCUT2D eigenvalue weighted by atomic mass is 35.5. The number of benzene rings is 1. The Labute approximate surface area is 111 Å². The lowest BCUT2D eigenvalue weighted by molar-refractivity contribution is 0.955. The Morgan fingerprint density at radius 2 is 1.94 bits per heavy atom. The second kappa shape index (κ2) is 4.60. The van der Waals surface area contributed by atoms with Crippen LogP contribution in [0.15, 0.2) is 45.2 Å². The van der Waals surface area contributed by atoms with E-state index in [1.807, 2.05) is 29.6 Å². The lowest BCUT2D eigenvalue weighted by Crippen LogP contribution is -1.89. The number of fused-ring (bicyclic) bond motifs is 1. The Morgan fingerprint density at radius 3 is 2.71 bits per heavy atom. The molecule has 0 aliphatic carbocycles. The molecule has 2 aromatic heterocycles. The number of nitrogens with zero attached hydrogens (tertiary/aromatic N) is 3. The SMILES string of the molecule is Clc1nnc(Sc2nccs2)c2ccccc12. The minimum absolute atomic E-state index is 0.434. The highest BCUT2D eigenvalue weighted by Gasteiger charge is 2.09. The van der Waals surface area contributed by atoms with Gasteiger partial charge in [-0.3, -0.25) is 0 Å². The Bertz CT molecular complexity index is 655. The summed E-state index contributed by atoms with van der Waals surface area (Å²) in [5.74, 6) is 0. The first-order valence-corrected chi connectivity index (χ1v) is 6.90. The van der Waals surface area contributed by atoms with Gasteiger partial charge >= 0.3 is 0 Å². The molecule has 3 rings (SSSR count). The van der Waals surface area contributed by atoms with Gasteiger partial charge in [-0.25, -0.2) is 4.98 Å². The van der Waals surface area contributed by atoms with E-state index in [4.69, 9.17) is 11.6 Å². The summed E-state index contributed by atoms with van der Waals surface area (Å²) in [6, 6.07) is 7.84. The standard InChI is InChI=1S/C11H6ClN3S2/c12-9-7-3-1-2-4-8(7)10(15-14-9)17-11-13-5-6-16-11/h1-6H. The maximum absolute atomic E-state index is 6.01. The van der Waals surface area contributed by atoms with Crippen molar-refractivity contribution in [2.75, 3.05) is 0 Å². The van der Waals surface area contributed by atoms with Crippen molar-refractivity contribution in [2.45, 2.75) is 9.37 Å². The van der Waals surface area contributed by atoms with Crippen molar-refractivity contribution in [3.8, 4) is 0 Å². The minimum Gasteiger partial charge on any atom is -0.238 e. The first kappa shape index (κ1) is 11.0. The maximum atomic E-state index is 6.01. The van der Waals surface area contributed by atoms with Gasteiger partial charge in [-0.1, -0.05) is 35.9 Å². The number of halogens is 1. The van der Waals surface area contributed by atoms with Crippen LogP contribution in [-0.4, -0.2) is 15.2 Å². The second-order valence-electron chi connectivity index (χ2n) is 3.24. The lowest BCUT2D eigenvalue weighted by Gasteiger charge is -2.03. The van der Waals surface area contributed by atoms with Crippen LogP contribution in [0.25, 0.3) is 10.8 Å². The van der Waals surface area contributed by atoms with E-state index in [-0.39, 0.29) is 0 Å². The summed E-state index contributed by atoms with van der Waals surface area (Å²) in [6.45, 7) is 0. The molecule has 2 heterocycles. The van der Waals surface area contributed by atoms with E-state index >= 15 is 0 Å². The number of thiazole rings is 1. The fraction of sp³-hybridized carbons (Fsp3) is 0. The fourth-order valence-electron chi connectivity index (χ4n) is 1.47. The Hall–Kier alpha value is -1.17. The molecule has 0 unspecified atom stereocenters. The van der Waals surface area contributed by atoms with Crippen molar-refractivity contribution >= 4 is 45.5 Å². The van der Waals surface area contributed by atoms with Gasteiger partial charge in [0.2, 0.25) is 0 Å². The molecule has 0 atom stereocenters. The summed E-state index contributed by atoms with van der Waals surface area (Å²) in [5.41, 5.74) is 0. The van der Waals surface area contributed by atoms with Crippen molar-refractivity contribution in [3.05, 3.63) is 41.0 Å². The van der Waals surface area contributed by atoms with E-state index in [1.165, 1.54) is 11.8 Å². The number of hydrogen-bond donors (Lipinski definition) is 0. The highest BCUT2D eigenvalue weighted by molar-refractivity contribution is 8.01. The second-order valence-corrected chi connectivity index (χ2v) is 5.73. The van der Waals surface area contributed by atoms with Crippen LogP contribution in [0.3, 0.4) is 0 Å². The summed E-state index contributed by atoms with van der Waals surface area (Å²) in [7, 11) is 0. The molecule has 0 aliphatic rings. The Morgan fingerprint density at radius 1 is 1.12 bits per heavy atom. The third-order valence-electron chi connectivity index (χ3n) is 2.20. The van der Waals surface area contributed by atoms with Crippen molar-refractivity contribution in [2.24, 2.45) is 0 Å². The van der Waals surface area contributed by atoms with E-state index in [1.54, 1.807) is 17.5 Å². The van der Waals surface area contributed by atoms with Crippen LogP contribution in [0, 0.1) is 0 Å².